The smallest absolute Gasteiger partial charge is 0.241 e. The van der Waals surface area contributed by atoms with Crippen LogP contribution < -0.4 is 15.8 Å². The second kappa shape index (κ2) is 8.16. The van der Waals surface area contributed by atoms with E-state index in [2.05, 4.69) is 15.3 Å². The van der Waals surface area contributed by atoms with E-state index in [0.29, 0.717) is 12.1 Å². The number of hydrogen-bond donors (Lipinski definition) is 3. The number of nitrogens with one attached hydrogen (secondary N) is 2. The first-order valence-corrected chi connectivity index (χ1v) is 9.36. The summed E-state index contributed by atoms with van der Waals surface area (Å²) in [6.45, 7) is 0. The molecule has 0 saturated heterocycles. The largest absolute Gasteiger partial charge is 0.497 e. The Bertz CT molecular complexity index is 1140. The highest BCUT2D eigenvalue weighted by molar-refractivity contribution is 5.96. The van der Waals surface area contributed by atoms with Gasteiger partial charge < -0.3 is 20.8 Å². The van der Waals surface area contributed by atoms with Crippen molar-refractivity contribution in [3.63, 3.8) is 0 Å². The van der Waals surface area contributed by atoms with Crippen LogP contribution in [0.25, 0.3) is 22.2 Å². The second-order valence-corrected chi connectivity index (χ2v) is 6.83. The molecular formula is C23H22N4O2. The maximum Gasteiger partial charge on any atom is 0.241 e. The Morgan fingerprint density at radius 1 is 1.17 bits per heavy atom. The van der Waals surface area contributed by atoms with E-state index in [1.807, 2.05) is 66.9 Å². The van der Waals surface area contributed by atoms with Gasteiger partial charge in [0.05, 0.1) is 13.2 Å². The van der Waals surface area contributed by atoms with Crippen molar-refractivity contribution >= 4 is 22.6 Å². The molecule has 0 radical (unpaired) electrons. The number of nitrogens with two attached hydrogens (primary N) is 1. The minimum absolute atomic E-state index is 0.225. The van der Waals surface area contributed by atoms with E-state index in [1.54, 1.807) is 13.3 Å². The number of ether oxygens (including phenoxy) is 1. The Hall–Kier alpha value is -3.64. The van der Waals surface area contributed by atoms with Gasteiger partial charge in [0.15, 0.2) is 0 Å². The van der Waals surface area contributed by atoms with Crippen molar-refractivity contribution in [1.29, 1.82) is 0 Å². The number of aromatic nitrogens is 2. The van der Waals surface area contributed by atoms with Gasteiger partial charge in [0.25, 0.3) is 0 Å². The van der Waals surface area contributed by atoms with E-state index in [4.69, 9.17) is 10.5 Å². The molecule has 4 N–H and O–H groups in total. The van der Waals surface area contributed by atoms with Crippen LogP contribution in [-0.4, -0.2) is 29.0 Å². The lowest BCUT2D eigenvalue weighted by molar-refractivity contribution is -0.117. The van der Waals surface area contributed by atoms with Crippen molar-refractivity contribution in [3.05, 3.63) is 78.6 Å². The zero-order valence-corrected chi connectivity index (χ0v) is 16.1. The molecule has 2 aromatic heterocycles. The van der Waals surface area contributed by atoms with Gasteiger partial charge in [-0.05, 0) is 59.5 Å². The molecule has 4 rings (SSSR count). The molecule has 0 fully saturated rings. The lowest BCUT2D eigenvalue weighted by Crippen LogP contribution is -2.37. The van der Waals surface area contributed by atoms with E-state index in [1.165, 1.54) is 0 Å². The fourth-order valence-corrected chi connectivity index (χ4v) is 3.33. The van der Waals surface area contributed by atoms with Gasteiger partial charge in [0.2, 0.25) is 5.91 Å². The highest BCUT2D eigenvalue weighted by Gasteiger charge is 2.15. The normalized spacial score (nSPS) is 11.9. The van der Waals surface area contributed by atoms with E-state index in [0.717, 1.165) is 33.5 Å². The predicted molar refractivity (Wildman–Crippen MR) is 115 cm³/mol. The zero-order chi connectivity index (χ0) is 20.2. The molecule has 0 aliphatic carbocycles. The third-order valence-corrected chi connectivity index (χ3v) is 4.85. The second-order valence-electron chi connectivity index (χ2n) is 6.83. The van der Waals surface area contributed by atoms with Crippen LogP contribution in [0.5, 0.6) is 5.75 Å². The molecule has 6 nitrogen and oxygen atoms in total. The van der Waals surface area contributed by atoms with Crippen LogP contribution in [0.1, 0.15) is 5.56 Å². The molecule has 29 heavy (non-hydrogen) atoms. The van der Waals surface area contributed by atoms with E-state index >= 15 is 0 Å². The monoisotopic (exact) mass is 386 g/mol. The molecule has 1 atom stereocenters. The number of anilines is 1. The van der Waals surface area contributed by atoms with Crippen molar-refractivity contribution in [3.8, 4) is 16.9 Å². The number of pyridine rings is 1. The standard InChI is InChI=1S/C23H22N4O2/c1-29-18-4-2-3-15(13-18)14-21(24)23(28)27-17-7-5-16(6-8-17)19-9-11-25-22-20(19)10-12-26-22/h2-13,21H,14,24H2,1H3,(H,25,26)(H,27,28)/t21-/m1/s1. The zero-order valence-electron chi connectivity index (χ0n) is 16.1. The van der Waals surface area contributed by atoms with Crippen molar-refractivity contribution in [2.75, 3.05) is 12.4 Å². The minimum Gasteiger partial charge on any atom is -0.497 e. The Morgan fingerprint density at radius 3 is 2.79 bits per heavy atom. The fourth-order valence-electron chi connectivity index (χ4n) is 3.33. The highest BCUT2D eigenvalue weighted by atomic mass is 16.5. The maximum absolute atomic E-state index is 12.5. The first-order chi connectivity index (χ1) is 14.1. The summed E-state index contributed by atoms with van der Waals surface area (Å²) in [5.74, 6) is 0.524. The van der Waals surface area contributed by atoms with Gasteiger partial charge >= 0.3 is 0 Å². The number of nitrogens with zero attached hydrogens (tertiary/aromatic N) is 1. The van der Waals surface area contributed by atoms with Gasteiger partial charge in [-0.15, -0.1) is 0 Å². The summed E-state index contributed by atoms with van der Waals surface area (Å²) < 4.78 is 5.21. The summed E-state index contributed by atoms with van der Waals surface area (Å²) in [5, 5.41) is 3.95. The van der Waals surface area contributed by atoms with Crippen molar-refractivity contribution < 1.29 is 9.53 Å². The van der Waals surface area contributed by atoms with E-state index in [9.17, 15) is 4.79 Å². The Labute approximate surface area is 168 Å². The molecule has 0 spiro atoms. The van der Waals surface area contributed by atoms with Crippen LogP contribution in [-0.2, 0) is 11.2 Å². The first-order valence-electron chi connectivity index (χ1n) is 9.36. The number of methoxy groups -OCH3 is 1. The molecule has 6 heteroatoms. The van der Waals surface area contributed by atoms with Gasteiger partial charge in [0.1, 0.15) is 11.4 Å². The Kier molecular flexibility index (Phi) is 5.27. The molecular weight excluding hydrogens is 364 g/mol. The summed E-state index contributed by atoms with van der Waals surface area (Å²) in [6, 6.07) is 18.6. The summed E-state index contributed by atoms with van der Waals surface area (Å²) in [7, 11) is 1.61. The lowest BCUT2D eigenvalue weighted by Gasteiger charge is -2.13. The minimum atomic E-state index is -0.651. The van der Waals surface area contributed by atoms with Crippen LogP contribution in [0, 0.1) is 0 Å². The summed E-state index contributed by atoms with van der Waals surface area (Å²) in [6.07, 6.45) is 4.09. The third kappa shape index (κ3) is 4.12. The predicted octanol–water partition coefficient (Wildman–Crippen LogP) is 3.75. The molecule has 2 heterocycles. The molecule has 0 aliphatic rings. The number of hydrogen-bond acceptors (Lipinski definition) is 4. The van der Waals surface area contributed by atoms with Gasteiger partial charge in [-0.2, -0.15) is 0 Å². The van der Waals surface area contributed by atoms with E-state index < -0.39 is 6.04 Å². The lowest BCUT2D eigenvalue weighted by atomic mass is 10.0. The molecule has 0 aliphatic heterocycles. The molecule has 0 bridgehead atoms. The average Bonchev–Trinajstić information content (AvgIpc) is 3.23. The van der Waals surface area contributed by atoms with Crippen LogP contribution in [0.15, 0.2) is 73.1 Å². The van der Waals surface area contributed by atoms with Crippen molar-refractivity contribution in [1.82, 2.24) is 9.97 Å². The molecule has 146 valence electrons. The van der Waals surface area contributed by atoms with Crippen LogP contribution in [0.2, 0.25) is 0 Å². The highest BCUT2D eigenvalue weighted by Crippen LogP contribution is 2.27. The maximum atomic E-state index is 12.5. The van der Waals surface area contributed by atoms with Gasteiger partial charge in [0, 0.05) is 23.5 Å². The number of benzene rings is 2. The van der Waals surface area contributed by atoms with Crippen molar-refractivity contribution in [2.24, 2.45) is 5.73 Å². The topological polar surface area (TPSA) is 93.0 Å². The summed E-state index contributed by atoms with van der Waals surface area (Å²) in [5.41, 5.74) is 10.7. The molecule has 0 unspecified atom stereocenters. The summed E-state index contributed by atoms with van der Waals surface area (Å²) >= 11 is 0. The summed E-state index contributed by atoms with van der Waals surface area (Å²) in [4.78, 5) is 19.9. The SMILES string of the molecule is COc1cccc(C[C@@H](N)C(=O)Nc2ccc(-c3ccnc4[nH]ccc34)cc2)c1. The number of carbonyl (C=O) groups excluding carboxylic acids is 1. The van der Waals surface area contributed by atoms with Gasteiger partial charge in [-0.1, -0.05) is 24.3 Å². The van der Waals surface area contributed by atoms with Crippen molar-refractivity contribution in [2.45, 2.75) is 12.5 Å². The van der Waals surface area contributed by atoms with Crippen LogP contribution in [0.3, 0.4) is 0 Å². The van der Waals surface area contributed by atoms with Crippen LogP contribution in [0.4, 0.5) is 5.69 Å². The van der Waals surface area contributed by atoms with Gasteiger partial charge in [-0.25, -0.2) is 4.98 Å². The Morgan fingerprint density at radius 2 is 2.00 bits per heavy atom. The number of fused-ring (bicyclic) bond motifs is 1. The average molecular weight is 386 g/mol. The molecule has 1 amide bonds. The number of rotatable bonds is 6. The number of carbonyl (C=O) groups is 1. The third-order valence-electron chi connectivity index (χ3n) is 4.85. The van der Waals surface area contributed by atoms with Crippen LogP contribution >= 0.6 is 0 Å². The number of H-pyrrole nitrogens is 1. The Balaban J connectivity index is 1.44. The fraction of sp³-hybridized carbons (Fsp3) is 0.130. The van der Waals surface area contributed by atoms with E-state index in [-0.39, 0.29) is 5.91 Å². The molecule has 0 saturated carbocycles. The molecule has 2 aromatic carbocycles. The quantitative estimate of drug-likeness (QED) is 0.470. The first kappa shape index (κ1) is 18.7. The number of aromatic amines is 1. The number of amides is 1. The van der Waals surface area contributed by atoms with Gasteiger partial charge in [-0.3, -0.25) is 4.79 Å². The molecule has 4 aromatic rings.